The number of nitrogens with zero attached hydrogens (tertiary/aromatic N) is 3. The molecule has 0 bridgehead atoms. The molecule has 0 aliphatic carbocycles. The fourth-order valence-electron chi connectivity index (χ4n) is 3.34. The second-order valence-corrected chi connectivity index (χ2v) is 7.28. The highest BCUT2D eigenvalue weighted by Gasteiger charge is 2.08. The van der Waals surface area contributed by atoms with Crippen LogP contribution in [0.3, 0.4) is 0 Å². The molecule has 4 aromatic rings. The SMILES string of the molecule is O=C(CCCn1nnc2ccccc2c1=O)NCCc1c[nH]c2ccc(Cl)cc12. The summed E-state index contributed by atoms with van der Waals surface area (Å²) in [5, 5.41) is 13.2. The Labute approximate surface area is 171 Å². The van der Waals surface area contributed by atoms with Crippen LogP contribution in [0.4, 0.5) is 0 Å². The van der Waals surface area contributed by atoms with E-state index in [4.69, 9.17) is 11.6 Å². The van der Waals surface area contributed by atoms with E-state index < -0.39 is 0 Å². The zero-order valence-corrected chi connectivity index (χ0v) is 16.4. The number of fused-ring (bicyclic) bond motifs is 2. The third-order valence-corrected chi connectivity index (χ3v) is 5.08. The first-order valence-electron chi connectivity index (χ1n) is 9.46. The topological polar surface area (TPSA) is 92.7 Å². The van der Waals surface area contributed by atoms with Gasteiger partial charge in [-0.2, -0.15) is 0 Å². The van der Waals surface area contributed by atoms with Gasteiger partial charge in [0, 0.05) is 41.6 Å². The summed E-state index contributed by atoms with van der Waals surface area (Å²) in [4.78, 5) is 27.7. The lowest BCUT2D eigenvalue weighted by Crippen LogP contribution is -2.27. The molecule has 148 valence electrons. The minimum absolute atomic E-state index is 0.0512. The molecule has 0 saturated heterocycles. The molecule has 8 heteroatoms. The summed E-state index contributed by atoms with van der Waals surface area (Å²) in [6.07, 6.45) is 3.49. The van der Waals surface area contributed by atoms with Crippen LogP contribution < -0.4 is 10.9 Å². The molecular weight excluding hydrogens is 390 g/mol. The first-order chi connectivity index (χ1) is 14.1. The quantitative estimate of drug-likeness (QED) is 0.490. The van der Waals surface area contributed by atoms with E-state index in [0.717, 1.165) is 16.5 Å². The van der Waals surface area contributed by atoms with Gasteiger partial charge >= 0.3 is 0 Å². The van der Waals surface area contributed by atoms with E-state index in [0.29, 0.717) is 48.3 Å². The van der Waals surface area contributed by atoms with Gasteiger partial charge in [-0.15, -0.1) is 5.10 Å². The van der Waals surface area contributed by atoms with Gasteiger partial charge in [0.2, 0.25) is 5.91 Å². The fraction of sp³-hybridized carbons (Fsp3) is 0.238. The Morgan fingerprint density at radius 2 is 2.03 bits per heavy atom. The number of amides is 1. The van der Waals surface area contributed by atoms with E-state index in [1.807, 2.05) is 30.5 Å². The third kappa shape index (κ3) is 4.30. The first-order valence-corrected chi connectivity index (χ1v) is 9.84. The number of aromatic nitrogens is 4. The summed E-state index contributed by atoms with van der Waals surface area (Å²) in [7, 11) is 0. The number of carbonyl (C=O) groups excluding carboxylic acids is 1. The average molecular weight is 410 g/mol. The zero-order valence-electron chi connectivity index (χ0n) is 15.7. The lowest BCUT2D eigenvalue weighted by atomic mass is 10.1. The van der Waals surface area contributed by atoms with Crippen molar-refractivity contribution in [3.8, 4) is 0 Å². The predicted molar refractivity (Wildman–Crippen MR) is 113 cm³/mol. The lowest BCUT2D eigenvalue weighted by molar-refractivity contribution is -0.121. The maximum Gasteiger partial charge on any atom is 0.277 e. The summed E-state index contributed by atoms with van der Waals surface area (Å²) < 4.78 is 1.31. The molecule has 0 fully saturated rings. The minimum atomic E-state index is -0.186. The summed E-state index contributed by atoms with van der Waals surface area (Å²) in [6, 6.07) is 12.8. The van der Waals surface area contributed by atoms with Crippen molar-refractivity contribution >= 4 is 39.3 Å². The van der Waals surface area contributed by atoms with Gasteiger partial charge in [-0.3, -0.25) is 9.59 Å². The van der Waals surface area contributed by atoms with Gasteiger partial charge in [-0.1, -0.05) is 28.9 Å². The molecule has 29 heavy (non-hydrogen) atoms. The number of halogens is 1. The van der Waals surface area contributed by atoms with Gasteiger partial charge in [0.05, 0.1) is 5.39 Å². The fourth-order valence-corrected chi connectivity index (χ4v) is 3.51. The van der Waals surface area contributed by atoms with Gasteiger partial charge in [0.25, 0.3) is 5.56 Å². The van der Waals surface area contributed by atoms with E-state index >= 15 is 0 Å². The highest BCUT2D eigenvalue weighted by molar-refractivity contribution is 6.31. The van der Waals surface area contributed by atoms with Crippen molar-refractivity contribution in [2.24, 2.45) is 0 Å². The molecule has 0 radical (unpaired) electrons. The Morgan fingerprint density at radius 3 is 2.93 bits per heavy atom. The maximum atomic E-state index is 12.4. The molecule has 0 unspecified atom stereocenters. The van der Waals surface area contributed by atoms with Crippen LogP contribution >= 0.6 is 11.6 Å². The smallest absolute Gasteiger partial charge is 0.277 e. The van der Waals surface area contributed by atoms with Crippen LogP contribution in [0.1, 0.15) is 18.4 Å². The Kier molecular flexibility index (Phi) is 5.57. The molecule has 0 aliphatic rings. The molecule has 4 rings (SSSR count). The first kappa shape index (κ1) is 19.1. The molecule has 0 aliphatic heterocycles. The molecule has 1 amide bonds. The van der Waals surface area contributed by atoms with Gasteiger partial charge in [-0.25, -0.2) is 4.68 Å². The molecule has 2 aromatic carbocycles. The number of benzene rings is 2. The van der Waals surface area contributed by atoms with Gasteiger partial charge in [-0.05, 0) is 48.7 Å². The van der Waals surface area contributed by atoms with Crippen molar-refractivity contribution < 1.29 is 4.79 Å². The number of aryl methyl sites for hydroxylation is 1. The van der Waals surface area contributed by atoms with E-state index in [1.165, 1.54) is 4.68 Å². The number of carbonyl (C=O) groups is 1. The number of hydrogen-bond donors (Lipinski definition) is 2. The highest BCUT2D eigenvalue weighted by Crippen LogP contribution is 2.22. The van der Waals surface area contributed by atoms with Gasteiger partial charge in [0.15, 0.2) is 0 Å². The Bertz CT molecular complexity index is 1230. The number of hydrogen-bond acceptors (Lipinski definition) is 4. The van der Waals surface area contributed by atoms with Gasteiger partial charge in [0.1, 0.15) is 5.52 Å². The van der Waals surface area contributed by atoms with Crippen molar-refractivity contribution in [1.29, 1.82) is 0 Å². The van der Waals surface area contributed by atoms with E-state index in [2.05, 4.69) is 20.6 Å². The molecule has 7 nitrogen and oxygen atoms in total. The molecule has 0 spiro atoms. The van der Waals surface area contributed by atoms with Crippen LogP contribution in [0.5, 0.6) is 0 Å². The monoisotopic (exact) mass is 409 g/mol. The molecule has 2 heterocycles. The number of rotatable bonds is 7. The number of nitrogens with one attached hydrogen (secondary N) is 2. The summed E-state index contributed by atoms with van der Waals surface area (Å²) in [6.45, 7) is 0.888. The highest BCUT2D eigenvalue weighted by atomic mass is 35.5. The molecule has 0 atom stereocenters. The van der Waals surface area contributed by atoms with Gasteiger partial charge < -0.3 is 10.3 Å². The minimum Gasteiger partial charge on any atom is -0.361 e. The van der Waals surface area contributed by atoms with Crippen molar-refractivity contribution in [3.05, 3.63) is 69.6 Å². The third-order valence-electron chi connectivity index (χ3n) is 4.85. The van der Waals surface area contributed by atoms with Crippen molar-refractivity contribution in [2.45, 2.75) is 25.8 Å². The van der Waals surface area contributed by atoms with Crippen LogP contribution in [0, 0.1) is 0 Å². The Hall–Kier alpha value is -3.19. The standard InChI is InChI=1S/C21H20ClN5O2/c22-15-7-8-18-17(12-15)14(13-24-18)9-10-23-20(28)6-3-11-27-21(29)16-4-1-2-5-19(16)25-26-27/h1-2,4-5,7-8,12-13,24H,3,6,9-11H2,(H,23,28). The summed E-state index contributed by atoms with van der Waals surface area (Å²) in [5.41, 5.74) is 2.53. The average Bonchev–Trinajstić information content (AvgIpc) is 3.12. The Balaban J connectivity index is 1.27. The second kappa shape index (κ2) is 8.45. The van der Waals surface area contributed by atoms with E-state index in [-0.39, 0.29) is 11.5 Å². The lowest BCUT2D eigenvalue weighted by Gasteiger charge is -2.06. The molecule has 2 N–H and O–H groups in total. The molecule has 0 saturated carbocycles. The summed E-state index contributed by atoms with van der Waals surface area (Å²) in [5.74, 6) is -0.0512. The van der Waals surface area contributed by atoms with Crippen LogP contribution in [0.2, 0.25) is 5.02 Å². The second-order valence-electron chi connectivity index (χ2n) is 6.84. The van der Waals surface area contributed by atoms with E-state index in [1.54, 1.807) is 18.2 Å². The Morgan fingerprint density at radius 1 is 1.17 bits per heavy atom. The maximum absolute atomic E-state index is 12.4. The summed E-state index contributed by atoms with van der Waals surface area (Å²) >= 11 is 6.07. The van der Waals surface area contributed by atoms with Crippen LogP contribution in [0.15, 0.2) is 53.5 Å². The van der Waals surface area contributed by atoms with Crippen molar-refractivity contribution in [2.75, 3.05) is 6.54 Å². The van der Waals surface area contributed by atoms with Crippen molar-refractivity contribution in [1.82, 2.24) is 25.3 Å². The number of aromatic amines is 1. The number of H-pyrrole nitrogens is 1. The zero-order chi connectivity index (χ0) is 20.2. The largest absolute Gasteiger partial charge is 0.361 e. The molecule has 2 aromatic heterocycles. The molecular formula is C21H20ClN5O2. The van der Waals surface area contributed by atoms with Crippen LogP contribution in [-0.2, 0) is 17.8 Å². The predicted octanol–water partition coefficient (Wildman–Crippen LogP) is 3.07. The van der Waals surface area contributed by atoms with E-state index in [9.17, 15) is 9.59 Å². The van der Waals surface area contributed by atoms with Crippen LogP contribution in [0.25, 0.3) is 21.8 Å². The normalized spacial score (nSPS) is 11.2. The van der Waals surface area contributed by atoms with Crippen LogP contribution in [-0.4, -0.2) is 32.4 Å². The van der Waals surface area contributed by atoms with Crippen molar-refractivity contribution in [3.63, 3.8) is 0 Å².